The van der Waals surface area contributed by atoms with Crippen LogP contribution in [0.15, 0.2) is 34.3 Å². The minimum absolute atomic E-state index is 0.104. The molecule has 5 nitrogen and oxygen atoms in total. The van der Waals surface area contributed by atoms with Gasteiger partial charge in [-0.3, -0.25) is 0 Å². The molecule has 0 spiro atoms. The van der Waals surface area contributed by atoms with Gasteiger partial charge in [0.25, 0.3) is 0 Å². The van der Waals surface area contributed by atoms with Gasteiger partial charge in [-0.05, 0) is 43.9 Å². The van der Waals surface area contributed by atoms with Gasteiger partial charge in [0, 0.05) is 36.5 Å². The molecule has 11 heteroatoms. The molecule has 2 fully saturated rings. The van der Waals surface area contributed by atoms with E-state index < -0.39 is 38.9 Å². The maximum atomic E-state index is 14.2. The third-order valence-electron chi connectivity index (χ3n) is 6.57. The first-order valence-corrected chi connectivity index (χ1v) is 13.7. The van der Waals surface area contributed by atoms with Gasteiger partial charge in [-0.15, -0.1) is 0 Å². The third kappa shape index (κ3) is 4.11. The summed E-state index contributed by atoms with van der Waals surface area (Å²) in [6.07, 6.45) is 5.48. The van der Waals surface area contributed by atoms with Gasteiger partial charge in [0.2, 0.25) is 10.0 Å². The summed E-state index contributed by atoms with van der Waals surface area (Å²) >= 11 is 0.976. The van der Waals surface area contributed by atoms with Gasteiger partial charge < -0.3 is 4.57 Å². The number of imidazole rings is 1. The van der Waals surface area contributed by atoms with Crippen LogP contribution >= 0.6 is 11.8 Å². The number of benzene rings is 2. The van der Waals surface area contributed by atoms with E-state index in [0.29, 0.717) is 23.8 Å². The Morgan fingerprint density at radius 3 is 2.24 bits per heavy atom. The zero-order valence-corrected chi connectivity index (χ0v) is 19.9. The summed E-state index contributed by atoms with van der Waals surface area (Å²) in [7, 11) is -3.63. The Kier molecular flexibility index (Phi) is 6.36. The molecule has 0 bridgehead atoms. The summed E-state index contributed by atoms with van der Waals surface area (Å²) in [5.74, 6) is -6.10. The van der Waals surface area contributed by atoms with E-state index in [1.54, 1.807) is 12.1 Å². The second-order valence-corrected chi connectivity index (χ2v) is 11.6. The second kappa shape index (κ2) is 9.16. The molecule has 1 saturated heterocycles. The Balaban J connectivity index is 1.54. The predicted octanol–water partition coefficient (Wildman–Crippen LogP) is 5.78. The van der Waals surface area contributed by atoms with Crippen LogP contribution in [0, 0.1) is 23.3 Å². The van der Waals surface area contributed by atoms with Crippen LogP contribution in [-0.2, 0) is 15.8 Å². The first-order valence-electron chi connectivity index (χ1n) is 11.2. The Morgan fingerprint density at radius 1 is 0.941 bits per heavy atom. The molecule has 1 aliphatic heterocycles. The molecule has 2 aliphatic rings. The fraction of sp³-hybridized carbons (Fsp3) is 0.435. The van der Waals surface area contributed by atoms with E-state index in [4.69, 9.17) is 0 Å². The van der Waals surface area contributed by atoms with Crippen molar-refractivity contribution in [3.63, 3.8) is 0 Å². The van der Waals surface area contributed by atoms with Crippen LogP contribution in [0.3, 0.4) is 0 Å². The van der Waals surface area contributed by atoms with Crippen LogP contribution in [0.25, 0.3) is 11.0 Å². The maximum Gasteiger partial charge on any atom is 0.243 e. The van der Waals surface area contributed by atoms with Crippen molar-refractivity contribution in [2.24, 2.45) is 0 Å². The fourth-order valence-corrected chi connectivity index (χ4v) is 7.41. The quantitative estimate of drug-likeness (QED) is 0.238. The van der Waals surface area contributed by atoms with Gasteiger partial charge >= 0.3 is 0 Å². The number of hydrogen-bond acceptors (Lipinski definition) is 4. The van der Waals surface area contributed by atoms with Gasteiger partial charge in [-0.2, -0.15) is 4.31 Å². The molecule has 1 aromatic heterocycles. The number of nitrogens with zero attached hydrogens (tertiary/aromatic N) is 3. The van der Waals surface area contributed by atoms with Crippen LogP contribution in [0.5, 0.6) is 0 Å². The van der Waals surface area contributed by atoms with E-state index in [2.05, 4.69) is 4.98 Å². The highest BCUT2D eigenvalue weighted by atomic mass is 32.2. The zero-order chi connectivity index (χ0) is 24.0. The van der Waals surface area contributed by atoms with E-state index in [-0.39, 0.29) is 22.8 Å². The molecule has 0 amide bonds. The molecule has 2 heterocycles. The van der Waals surface area contributed by atoms with Crippen molar-refractivity contribution in [2.75, 3.05) is 13.1 Å². The monoisotopic (exact) mass is 513 g/mol. The molecule has 0 unspecified atom stereocenters. The summed E-state index contributed by atoms with van der Waals surface area (Å²) in [6.45, 7) is 0.971. The van der Waals surface area contributed by atoms with Crippen LogP contribution in [0.4, 0.5) is 17.6 Å². The Labute approximate surface area is 199 Å². The molecule has 1 saturated carbocycles. The van der Waals surface area contributed by atoms with Crippen molar-refractivity contribution < 1.29 is 26.0 Å². The van der Waals surface area contributed by atoms with Crippen molar-refractivity contribution >= 4 is 32.8 Å². The average Bonchev–Trinajstić information content (AvgIpc) is 3.58. The number of fused-ring (bicyclic) bond motifs is 1. The van der Waals surface area contributed by atoms with Crippen molar-refractivity contribution in [1.82, 2.24) is 13.9 Å². The Bertz CT molecular complexity index is 1320. The largest absolute Gasteiger partial charge is 0.316 e. The number of thioether (sulfide) groups is 1. The van der Waals surface area contributed by atoms with Crippen molar-refractivity contribution in [2.45, 2.75) is 60.4 Å². The summed E-state index contributed by atoms with van der Waals surface area (Å²) in [5.41, 5.74) is 0.493. The van der Waals surface area contributed by atoms with Gasteiger partial charge in [0.1, 0.15) is 0 Å². The molecule has 2 aromatic carbocycles. The lowest BCUT2D eigenvalue weighted by molar-refractivity contribution is 0.444. The number of rotatable bonds is 6. The van der Waals surface area contributed by atoms with Crippen LogP contribution in [-0.4, -0.2) is 35.4 Å². The van der Waals surface area contributed by atoms with Gasteiger partial charge in [-0.1, -0.05) is 24.6 Å². The lowest BCUT2D eigenvalue weighted by Crippen LogP contribution is -2.27. The van der Waals surface area contributed by atoms with Crippen LogP contribution < -0.4 is 0 Å². The molecule has 1 aliphatic carbocycles. The molecular formula is C23H23F4N3O2S2. The summed E-state index contributed by atoms with van der Waals surface area (Å²) in [6, 6.07) is 5.11. The summed E-state index contributed by atoms with van der Waals surface area (Å²) in [5, 5.41) is 0.432. The fourth-order valence-electron chi connectivity index (χ4n) is 4.80. The molecule has 0 atom stereocenters. The second-order valence-electron chi connectivity index (χ2n) is 8.70. The summed E-state index contributed by atoms with van der Waals surface area (Å²) in [4.78, 5) is 4.74. The molecule has 34 heavy (non-hydrogen) atoms. The first kappa shape index (κ1) is 23.6. The van der Waals surface area contributed by atoms with E-state index in [9.17, 15) is 26.0 Å². The molecule has 3 aromatic rings. The highest BCUT2D eigenvalue weighted by Gasteiger charge is 2.29. The molecule has 5 rings (SSSR count). The maximum absolute atomic E-state index is 14.2. The third-order valence-corrected chi connectivity index (χ3v) is 9.44. The molecule has 0 radical (unpaired) electrons. The number of aromatic nitrogens is 2. The average molecular weight is 514 g/mol. The minimum Gasteiger partial charge on any atom is -0.316 e. The standard InChI is InChI=1S/C23H23F4N3O2S2/c24-17-12-18(25)22(27)16(21(17)26)13-33-23-28-19-11-15(34(31,32)29-9-3-4-10-29)7-8-20(19)30(23)14-5-1-2-6-14/h7-8,11-12,14H,1-6,9-10,13H2. The zero-order valence-electron chi connectivity index (χ0n) is 18.2. The minimum atomic E-state index is -3.63. The summed E-state index contributed by atoms with van der Waals surface area (Å²) < 4.78 is 85.1. The molecule has 182 valence electrons. The number of hydrogen-bond donors (Lipinski definition) is 0. The number of halogens is 4. The van der Waals surface area contributed by atoms with Crippen molar-refractivity contribution in [1.29, 1.82) is 0 Å². The highest BCUT2D eigenvalue weighted by Crippen LogP contribution is 2.38. The van der Waals surface area contributed by atoms with Crippen LogP contribution in [0.1, 0.15) is 50.1 Å². The Morgan fingerprint density at radius 2 is 1.59 bits per heavy atom. The van der Waals surface area contributed by atoms with Crippen LogP contribution in [0.2, 0.25) is 0 Å². The SMILES string of the molecule is O=S(=O)(c1ccc2c(c1)nc(SCc1c(F)c(F)cc(F)c1F)n2C1CCCC1)N1CCCC1. The predicted molar refractivity (Wildman–Crippen MR) is 121 cm³/mol. The Hall–Kier alpha value is -2.11. The van der Waals surface area contributed by atoms with E-state index >= 15 is 0 Å². The van der Waals surface area contributed by atoms with E-state index in [1.165, 1.54) is 10.4 Å². The van der Waals surface area contributed by atoms with Gasteiger partial charge in [0.15, 0.2) is 28.4 Å². The molecule has 0 N–H and O–H groups in total. The lowest BCUT2D eigenvalue weighted by Gasteiger charge is -2.17. The van der Waals surface area contributed by atoms with Crippen molar-refractivity contribution in [3.05, 3.63) is 53.1 Å². The lowest BCUT2D eigenvalue weighted by atomic mass is 10.2. The number of sulfonamides is 1. The smallest absolute Gasteiger partial charge is 0.243 e. The van der Waals surface area contributed by atoms with Crippen molar-refractivity contribution in [3.8, 4) is 0 Å². The highest BCUT2D eigenvalue weighted by molar-refractivity contribution is 7.98. The normalized spacial score (nSPS) is 17.9. The topological polar surface area (TPSA) is 55.2 Å². The van der Waals surface area contributed by atoms with Gasteiger partial charge in [-0.25, -0.2) is 31.0 Å². The molecular weight excluding hydrogens is 490 g/mol. The van der Waals surface area contributed by atoms with Gasteiger partial charge in [0.05, 0.1) is 15.9 Å². The van der Waals surface area contributed by atoms with E-state index in [1.807, 2.05) is 4.57 Å². The first-order chi connectivity index (χ1) is 16.3. The van der Waals surface area contributed by atoms with E-state index in [0.717, 1.165) is 55.8 Å².